The van der Waals surface area contributed by atoms with E-state index in [1.807, 2.05) is 65.3 Å². The van der Waals surface area contributed by atoms with Crippen LogP contribution in [0.15, 0.2) is 83.8 Å². The molecule has 0 fully saturated rings. The number of carboxylic acid groups (broad SMARTS) is 1. The molecule has 6 nitrogen and oxygen atoms in total. The van der Waals surface area contributed by atoms with Gasteiger partial charge in [-0.25, -0.2) is 19.1 Å². The van der Waals surface area contributed by atoms with Crippen LogP contribution in [-0.2, 0) is 6.42 Å². The Hall–Kier alpha value is -3.93. The van der Waals surface area contributed by atoms with Gasteiger partial charge in [-0.1, -0.05) is 49.7 Å². The van der Waals surface area contributed by atoms with E-state index in [9.17, 15) is 14.7 Å². The average Bonchev–Trinajstić information content (AvgIpc) is 3.10. The zero-order valence-electron chi connectivity index (χ0n) is 17.2. The minimum absolute atomic E-state index is 0.0739. The maximum atomic E-state index is 13.7. The molecule has 0 saturated carbocycles. The number of rotatable bonds is 7. The zero-order chi connectivity index (χ0) is 21.8. The van der Waals surface area contributed by atoms with E-state index in [-0.39, 0.29) is 11.3 Å². The summed E-state index contributed by atoms with van der Waals surface area (Å²) in [6, 6.07) is 22.3. The summed E-state index contributed by atoms with van der Waals surface area (Å²) in [6.07, 6.45) is 3.74. The molecule has 0 aliphatic carbocycles. The van der Waals surface area contributed by atoms with Gasteiger partial charge in [0, 0.05) is 17.3 Å². The summed E-state index contributed by atoms with van der Waals surface area (Å²) in [5, 5.41) is 9.79. The molecular formula is C25H23N3O3. The summed E-state index contributed by atoms with van der Waals surface area (Å²) in [7, 11) is 0. The topological polar surface area (TPSA) is 77.1 Å². The Kier molecular flexibility index (Phi) is 5.80. The first-order chi connectivity index (χ1) is 15.1. The highest BCUT2D eigenvalue weighted by molar-refractivity contribution is 5.94. The van der Waals surface area contributed by atoms with Crippen molar-refractivity contribution in [1.82, 2.24) is 14.3 Å². The van der Waals surface area contributed by atoms with Gasteiger partial charge in [-0.2, -0.15) is 0 Å². The SMILES string of the molecule is CCCCc1c(-c2cccnc2C(=O)O)n(-c2ccccc2)n(-c2ccccc2)c1=O. The molecule has 0 bridgehead atoms. The second kappa shape index (κ2) is 8.83. The third-order valence-electron chi connectivity index (χ3n) is 5.20. The first-order valence-corrected chi connectivity index (χ1v) is 10.3. The molecule has 0 aliphatic heterocycles. The lowest BCUT2D eigenvalue weighted by Gasteiger charge is -2.16. The predicted octanol–water partition coefficient (Wildman–Crippen LogP) is 4.73. The van der Waals surface area contributed by atoms with Crippen molar-refractivity contribution < 1.29 is 9.90 Å². The lowest BCUT2D eigenvalue weighted by atomic mass is 10.0. The second-order valence-corrected chi connectivity index (χ2v) is 7.24. The first kappa shape index (κ1) is 20.3. The Morgan fingerprint density at radius 1 is 0.903 bits per heavy atom. The van der Waals surface area contributed by atoms with E-state index in [2.05, 4.69) is 11.9 Å². The number of carboxylic acids is 1. The molecule has 0 radical (unpaired) electrons. The average molecular weight is 413 g/mol. The number of aromatic carboxylic acids is 1. The standard InChI is InChI=1S/C25H23N3O3/c1-2-3-15-21-23(20-16-10-17-26-22(20)25(30)31)27(18-11-6-4-7-12-18)28(24(21)29)19-13-8-5-9-14-19/h4-14,16-17H,2-3,15H2,1H3,(H,30,31). The highest BCUT2D eigenvalue weighted by Gasteiger charge is 2.26. The number of hydrogen-bond donors (Lipinski definition) is 1. The van der Waals surface area contributed by atoms with E-state index >= 15 is 0 Å². The number of aromatic nitrogens is 3. The fraction of sp³-hybridized carbons (Fsp3) is 0.160. The summed E-state index contributed by atoms with van der Waals surface area (Å²) in [4.78, 5) is 29.8. The van der Waals surface area contributed by atoms with Crippen molar-refractivity contribution in [3.63, 3.8) is 0 Å². The highest BCUT2D eigenvalue weighted by atomic mass is 16.4. The van der Waals surface area contributed by atoms with Crippen molar-refractivity contribution >= 4 is 5.97 Å². The predicted molar refractivity (Wildman–Crippen MR) is 120 cm³/mol. The van der Waals surface area contributed by atoms with E-state index in [1.54, 1.807) is 16.8 Å². The maximum absolute atomic E-state index is 13.7. The van der Waals surface area contributed by atoms with Crippen molar-refractivity contribution in [3.8, 4) is 22.6 Å². The van der Waals surface area contributed by atoms with Crippen LogP contribution < -0.4 is 5.56 Å². The molecule has 0 amide bonds. The Balaban J connectivity index is 2.15. The van der Waals surface area contributed by atoms with Crippen LogP contribution in [-0.4, -0.2) is 25.4 Å². The van der Waals surface area contributed by atoms with Crippen molar-refractivity contribution in [2.45, 2.75) is 26.2 Å². The summed E-state index contributed by atoms with van der Waals surface area (Å²) < 4.78 is 3.43. The molecular weight excluding hydrogens is 390 g/mol. The summed E-state index contributed by atoms with van der Waals surface area (Å²) in [6.45, 7) is 2.07. The molecule has 0 atom stereocenters. The number of unbranched alkanes of at least 4 members (excludes halogenated alkanes) is 1. The molecule has 0 unspecified atom stereocenters. The van der Waals surface area contributed by atoms with Crippen LogP contribution >= 0.6 is 0 Å². The van der Waals surface area contributed by atoms with Gasteiger partial charge in [0.1, 0.15) is 0 Å². The van der Waals surface area contributed by atoms with E-state index in [4.69, 9.17) is 0 Å². The molecule has 2 aromatic carbocycles. The molecule has 6 heteroatoms. The van der Waals surface area contributed by atoms with Gasteiger partial charge in [0.15, 0.2) is 5.69 Å². The molecule has 4 aromatic rings. The monoisotopic (exact) mass is 413 g/mol. The Morgan fingerprint density at radius 3 is 2.10 bits per heavy atom. The van der Waals surface area contributed by atoms with Crippen LogP contribution in [0.5, 0.6) is 0 Å². The fourth-order valence-corrected chi connectivity index (χ4v) is 3.79. The minimum Gasteiger partial charge on any atom is -0.476 e. The van der Waals surface area contributed by atoms with Crippen molar-refractivity contribution in [3.05, 3.63) is 101 Å². The van der Waals surface area contributed by atoms with Gasteiger partial charge in [-0.15, -0.1) is 0 Å². The van der Waals surface area contributed by atoms with Crippen LogP contribution in [0, 0.1) is 0 Å². The third kappa shape index (κ3) is 3.80. The summed E-state index contributed by atoms with van der Waals surface area (Å²) >= 11 is 0. The van der Waals surface area contributed by atoms with Crippen molar-refractivity contribution in [2.24, 2.45) is 0 Å². The molecule has 2 heterocycles. The van der Waals surface area contributed by atoms with E-state index in [0.717, 1.165) is 18.5 Å². The fourth-order valence-electron chi connectivity index (χ4n) is 3.79. The summed E-state index contributed by atoms with van der Waals surface area (Å²) in [5.41, 5.74) is 2.83. The zero-order valence-corrected chi connectivity index (χ0v) is 17.2. The van der Waals surface area contributed by atoms with Gasteiger partial charge in [-0.05, 0) is 49.2 Å². The lowest BCUT2D eigenvalue weighted by Crippen LogP contribution is -2.21. The Morgan fingerprint density at radius 2 is 1.52 bits per heavy atom. The number of pyridine rings is 1. The van der Waals surface area contributed by atoms with Gasteiger partial charge in [0.25, 0.3) is 5.56 Å². The molecule has 4 rings (SSSR count). The van der Waals surface area contributed by atoms with E-state index in [0.29, 0.717) is 28.9 Å². The quantitative estimate of drug-likeness (QED) is 0.475. The minimum atomic E-state index is -1.13. The van der Waals surface area contributed by atoms with Gasteiger partial charge in [0.05, 0.1) is 17.1 Å². The highest BCUT2D eigenvalue weighted by Crippen LogP contribution is 2.30. The van der Waals surface area contributed by atoms with Crippen molar-refractivity contribution in [2.75, 3.05) is 0 Å². The normalized spacial score (nSPS) is 10.9. The molecule has 0 saturated heterocycles. The Labute approximate surface area is 180 Å². The van der Waals surface area contributed by atoms with Gasteiger partial charge >= 0.3 is 5.97 Å². The largest absolute Gasteiger partial charge is 0.476 e. The van der Waals surface area contributed by atoms with E-state index < -0.39 is 5.97 Å². The van der Waals surface area contributed by atoms with Crippen LogP contribution in [0.3, 0.4) is 0 Å². The molecule has 156 valence electrons. The van der Waals surface area contributed by atoms with Crippen LogP contribution in [0.1, 0.15) is 35.8 Å². The summed E-state index contributed by atoms with van der Waals surface area (Å²) in [5.74, 6) is -1.13. The van der Waals surface area contributed by atoms with Gasteiger partial charge in [-0.3, -0.25) is 4.79 Å². The first-order valence-electron chi connectivity index (χ1n) is 10.3. The van der Waals surface area contributed by atoms with Crippen LogP contribution in [0.4, 0.5) is 0 Å². The Bertz CT molecular complexity index is 1260. The number of hydrogen-bond acceptors (Lipinski definition) is 3. The third-order valence-corrected chi connectivity index (χ3v) is 5.20. The molecule has 0 spiro atoms. The second-order valence-electron chi connectivity index (χ2n) is 7.24. The smallest absolute Gasteiger partial charge is 0.355 e. The number of benzene rings is 2. The lowest BCUT2D eigenvalue weighted by molar-refractivity contribution is 0.0691. The van der Waals surface area contributed by atoms with Crippen LogP contribution in [0.25, 0.3) is 22.6 Å². The number of nitrogens with zero attached hydrogens (tertiary/aromatic N) is 3. The van der Waals surface area contributed by atoms with Gasteiger partial charge in [0.2, 0.25) is 0 Å². The van der Waals surface area contributed by atoms with Crippen molar-refractivity contribution in [1.29, 1.82) is 0 Å². The maximum Gasteiger partial charge on any atom is 0.355 e. The van der Waals surface area contributed by atoms with Gasteiger partial charge < -0.3 is 5.11 Å². The van der Waals surface area contributed by atoms with Crippen LogP contribution in [0.2, 0.25) is 0 Å². The molecule has 0 aliphatic rings. The molecule has 1 N–H and O–H groups in total. The molecule has 2 aromatic heterocycles. The molecule has 31 heavy (non-hydrogen) atoms. The number of carbonyl (C=O) groups is 1. The number of para-hydroxylation sites is 2. The van der Waals surface area contributed by atoms with E-state index in [1.165, 1.54) is 6.20 Å².